The highest BCUT2D eigenvalue weighted by molar-refractivity contribution is 6.35. The Morgan fingerprint density at radius 2 is 1.89 bits per heavy atom. The number of carbonyl (C=O) groups excluding carboxylic acids is 1. The van der Waals surface area contributed by atoms with Gasteiger partial charge in [0.25, 0.3) is 5.56 Å². The first kappa shape index (κ1) is 19.8. The third-order valence-electron chi connectivity index (χ3n) is 4.17. The molecule has 0 aliphatic rings. The Morgan fingerprint density at radius 3 is 2.57 bits per heavy atom. The zero-order valence-electron chi connectivity index (χ0n) is 14.5. The first-order valence-electron chi connectivity index (χ1n) is 8.06. The number of halogens is 4. The van der Waals surface area contributed by atoms with Crippen LogP contribution in [0.3, 0.4) is 0 Å². The number of alkyl halides is 3. The van der Waals surface area contributed by atoms with E-state index >= 15 is 0 Å². The topological polar surface area (TPSA) is 71.2 Å². The minimum atomic E-state index is -4.54. The molecule has 0 aliphatic carbocycles. The van der Waals surface area contributed by atoms with Gasteiger partial charge in [0.05, 0.1) is 28.9 Å². The number of aromatic nitrogens is 1. The van der Waals surface area contributed by atoms with Gasteiger partial charge in [-0.1, -0.05) is 41.9 Å². The summed E-state index contributed by atoms with van der Waals surface area (Å²) in [5, 5.41) is 3.39. The normalized spacial score (nSPS) is 11.5. The summed E-state index contributed by atoms with van der Waals surface area (Å²) < 4.78 is 44.4. The van der Waals surface area contributed by atoms with Gasteiger partial charge in [-0.3, -0.25) is 4.79 Å². The van der Waals surface area contributed by atoms with Crippen LogP contribution in [0.1, 0.15) is 21.5 Å². The summed E-state index contributed by atoms with van der Waals surface area (Å²) in [6.07, 6.45) is -4.54. The molecule has 0 radical (unpaired) electrons. The van der Waals surface area contributed by atoms with Crippen LogP contribution in [0.4, 0.5) is 18.9 Å². The van der Waals surface area contributed by atoms with E-state index in [2.05, 4.69) is 15.0 Å². The van der Waals surface area contributed by atoms with Crippen molar-refractivity contribution in [2.45, 2.75) is 12.7 Å². The first-order valence-corrected chi connectivity index (χ1v) is 8.43. The standard InChI is InChI=1S/C19H14ClF3N2O3/c1-28-18(27)14-16(11-6-4-8-13(20)15(11)25-17(14)26)24-9-10-5-2-3-7-12(10)19(21,22)23/h2-8H,9H2,1H3,(H2,24,25,26). The maximum atomic E-state index is 13.2. The smallest absolute Gasteiger partial charge is 0.416 e. The molecule has 0 saturated heterocycles. The lowest BCUT2D eigenvalue weighted by Crippen LogP contribution is -2.22. The van der Waals surface area contributed by atoms with Crippen LogP contribution in [0.5, 0.6) is 0 Å². The number of pyridine rings is 1. The van der Waals surface area contributed by atoms with Crippen molar-refractivity contribution in [3.05, 3.63) is 74.5 Å². The molecule has 0 bridgehead atoms. The third-order valence-corrected chi connectivity index (χ3v) is 4.48. The maximum Gasteiger partial charge on any atom is 0.416 e. The summed E-state index contributed by atoms with van der Waals surface area (Å²) in [6, 6.07) is 9.76. The molecule has 0 aliphatic heterocycles. The molecule has 0 atom stereocenters. The largest absolute Gasteiger partial charge is 0.465 e. The van der Waals surface area contributed by atoms with Crippen LogP contribution in [0.2, 0.25) is 5.02 Å². The molecular formula is C19H14ClF3N2O3. The number of hydrogen-bond donors (Lipinski definition) is 2. The Bertz CT molecular complexity index is 1110. The number of ether oxygens (including phenoxy) is 1. The molecule has 3 aromatic rings. The number of fused-ring (bicyclic) bond motifs is 1. The van der Waals surface area contributed by atoms with Crippen LogP contribution in [-0.2, 0) is 17.5 Å². The van der Waals surface area contributed by atoms with Gasteiger partial charge < -0.3 is 15.0 Å². The molecule has 1 heterocycles. The Hall–Kier alpha value is -3.00. The highest BCUT2D eigenvalue weighted by Gasteiger charge is 2.33. The molecule has 3 rings (SSSR count). The second kappa shape index (κ2) is 7.55. The van der Waals surface area contributed by atoms with Crippen molar-refractivity contribution in [2.24, 2.45) is 0 Å². The van der Waals surface area contributed by atoms with Gasteiger partial charge in [0, 0.05) is 11.9 Å². The molecule has 9 heteroatoms. The van der Waals surface area contributed by atoms with E-state index in [0.717, 1.165) is 13.2 Å². The maximum absolute atomic E-state index is 13.2. The Balaban J connectivity index is 2.14. The monoisotopic (exact) mass is 410 g/mol. The van der Waals surface area contributed by atoms with Crippen molar-refractivity contribution in [1.29, 1.82) is 0 Å². The highest BCUT2D eigenvalue weighted by atomic mass is 35.5. The highest BCUT2D eigenvalue weighted by Crippen LogP contribution is 2.33. The van der Waals surface area contributed by atoms with E-state index in [4.69, 9.17) is 11.6 Å². The predicted octanol–water partition coefficient (Wildman–Crippen LogP) is 4.60. The fourth-order valence-corrected chi connectivity index (χ4v) is 3.12. The van der Waals surface area contributed by atoms with E-state index in [1.165, 1.54) is 18.2 Å². The Morgan fingerprint density at radius 1 is 1.18 bits per heavy atom. The second-order valence-corrected chi connectivity index (χ2v) is 6.27. The SMILES string of the molecule is COC(=O)c1c(NCc2ccccc2C(F)(F)F)c2cccc(Cl)c2[nH]c1=O. The Labute approximate surface area is 162 Å². The lowest BCUT2D eigenvalue weighted by Gasteiger charge is -2.17. The van der Waals surface area contributed by atoms with E-state index in [0.29, 0.717) is 5.39 Å². The van der Waals surface area contributed by atoms with E-state index in [9.17, 15) is 22.8 Å². The van der Waals surface area contributed by atoms with Gasteiger partial charge in [-0.15, -0.1) is 0 Å². The number of H-pyrrole nitrogens is 1. The number of carbonyl (C=O) groups is 1. The molecular weight excluding hydrogens is 397 g/mol. The van der Waals surface area contributed by atoms with Gasteiger partial charge in [0.15, 0.2) is 0 Å². The van der Waals surface area contributed by atoms with Gasteiger partial charge in [-0.05, 0) is 17.7 Å². The van der Waals surface area contributed by atoms with Crippen molar-refractivity contribution in [3.8, 4) is 0 Å². The van der Waals surface area contributed by atoms with E-state index in [1.54, 1.807) is 18.2 Å². The van der Waals surface area contributed by atoms with Crippen LogP contribution < -0.4 is 10.9 Å². The molecule has 0 amide bonds. The molecule has 0 saturated carbocycles. The molecule has 5 nitrogen and oxygen atoms in total. The first-order chi connectivity index (χ1) is 13.2. The number of methoxy groups -OCH3 is 1. The molecule has 0 fully saturated rings. The van der Waals surface area contributed by atoms with Gasteiger partial charge in [-0.2, -0.15) is 13.2 Å². The number of nitrogens with one attached hydrogen (secondary N) is 2. The lowest BCUT2D eigenvalue weighted by molar-refractivity contribution is -0.138. The molecule has 2 aromatic carbocycles. The van der Waals surface area contributed by atoms with Crippen molar-refractivity contribution in [3.63, 3.8) is 0 Å². The summed E-state index contributed by atoms with van der Waals surface area (Å²) in [7, 11) is 1.10. The fraction of sp³-hybridized carbons (Fsp3) is 0.158. The zero-order chi connectivity index (χ0) is 20.5. The summed E-state index contributed by atoms with van der Waals surface area (Å²) in [6.45, 7) is -0.273. The quantitative estimate of drug-likeness (QED) is 0.617. The number of aromatic amines is 1. The average molecular weight is 411 g/mol. The van der Waals surface area contributed by atoms with Crippen LogP contribution >= 0.6 is 11.6 Å². The minimum absolute atomic E-state index is 0.0405. The van der Waals surface area contributed by atoms with E-state index in [-0.39, 0.29) is 33.9 Å². The third kappa shape index (κ3) is 3.68. The number of esters is 1. The zero-order valence-corrected chi connectivity index (χ0v) is 15.2. The number of rotatable bonds is 4. The number of hydrogen-bond acceptors (Lipinski definition) is 4. The second-order valence-electron chi connectivity index (χ2n) is 5.87. The van der Waals surface area contributed by atoms with Gasteiger partial charge in [0.2, 0.25) is 0 Å². The van der Waals surface area contributed by atoms with Crippen LogP contribution in [-0.4, -0.2) is 18.1 Å². The van der Waals surface area contributed by atoms with Crippen molar-refractivity contribution >= 4 is 34.2 Å². The summed E-state index contributed by atoms with van der Waals surface area (Å²) in [5.41, 5.74) is -1.66. The van der Waals surface area contributed by atoms with Crippen LogP contribution in [0.15, 0.2) is 47.3 Å². The van der Waals surface area contributed by atoms with Gasteiger partial charge in [-0.25, -0.2) is 4.79 Å². The molecule has 146 valence electrons. The number of benzene rings is 2. The lowest BCUT2D eigenvalue weighted by atomic mass is 10.1. The van der Waals surface area contributed by atoms with Crippen LogP contribution in [0, 0.1) is 0 Å². The minimum Gasteiger partial charge on any atom is -0.465 e. The van der Waals surface area contributed by atoms with E-state index < -0.39 is 23.3 Å². The predicted molar refractivity (Wildman–Crippen MR) is 99.7 cm³/mol. The van der Waals surface area contributed by atoms with Crippen LogP contribution in [0.25, 0.3) is 10.9 Å². The van der Waals surface area contributed by atoms with Crippen molar-refractivity contribution in [1.82, 2.24) is 4.98 Å². The number of para-hydroxylation sites is 1. The summed E-state index contributed by atoms with van der Waals surface area (Å²) >= 11 is 6.11. The van der Waals surface area contributed by atoms with Crippen molar-refractivity contribution < 1.29 is 22.7 Å². The fourth-order valence-electron chi connectivity index (χ4n) is 2.90. The molecule has 28 heavy (non-hydrogen) atoms. The average Bonchev–Trinajstić information content (AvgIpc) is 2.65. The molecule has 0 unspecified atom stereocenters. The number of anilines is 1. The molecule has 2 N–H and O–H groups in total. The molecule has 1 aromatic heterocycles. The summed E-state index contributed by atoms with van der Waals surface area (Å²) in [5.74, 6) is -0.922. The van der Waals surface area contributed by atoms with Gasteiger partial charge >= 0.3 is 12.1 Å². The van der Waals surface area contributed by atoms with Gasteiger partial charge in [0.1, 0.15) is 5.56 Å². The summed E-state index contributed by atoms with van der Waals surface area (Å²) in [4.78, 5) is 27.0. The van der Waals surface area contributed by atoms with E-state index in [1.807, 2.05) is 0 Å². The van der Waals surface area contributed by atoms with Crippen molar-refractivity contribution in [2.75, 3.05) is 12.4 Å². The molecule has 0 spiro atoms. The Kier molecular flexibility index (Phi) is 5.33.